The highest BCUT2D eigenvalue weighted by molar-refractivity contribution is 7.89. The number of nitrogens with one attached hydrogen (secondary N) is 1. The molecule has 1 fully saturated rings. The van der Waals surface area contributed by atoms with Gasteiger partial charge in [0.2, 0.25) is 21.8 Å². The van der Waals surface area contributed by atoms with E-state index in [1.807, 2.05) is 0 Å². The predicted molar refractivity (Wildman–Crippen MR) is 129 cm³/mol. The Kier molecular flexibility index (Phi) is 8.34. The molecule has 2 amide bonds. The first kappa shape index (κ1) is 25.4. The summed E-state index contributed by atoms with van der Waals surface area (Å²) in [6.07, 6.45) is 8.18. The maximum atomic E-state index is 13.4. The third-order valence-electron chi connectivity index (χ3n) is 6.61. The number of benzene rings is 1. The molecular formula is C25H37N3O4S. The van der Waals surface area contributed by atoms with Gasteiger partial charge in [0.25, 0.3) is 0 Å². The third kappa shape index (κ3) is 6.03. The molecule has 1 aliphatic carbocycles. The number of sulfonamides is 1. The highest BCUT2D eigenvalue weighted by atomic mass is 32.2. The van der Waals surface area contributed by atoms with Crippen LogP contribution >= 0.6 is 0 Å². The van der Waals surface area contributed by atoms with Gasteiger partial charge in [0, 0.05) is 19.6 Å². The molecular weight excluding hydrogens is 438 g/mol. The third-order valence-corrected chi connectivity index (χ3v) is 8.42. The number of nitrogens with zero attached hydrogens (tertiary/aromatic N) is 2. The molecule has 3 rings (SSSR count). The molecule has 1 aliphatic heterocycles. The van der Waals surface area contributed by atoms with Crippen LogP contribution in [-0.2, 0) is 19.6 Å². The number of amides is 2. The molecule has 0 aromatic heterocycles. The van der Waals surface area contributed by atoms with E-state index in [9.17, 15) is 18.0 Å². The number of allylic oxidation sites excluding steroid dienone is 1. The molecule has 0 radical (unpaired) electrons. The van der Waals surface area contributed by atoms with Crippen molar-refractivity contribution in [2.45, 2.75) is 69.7 Å². The molecule has 7 nitrogen and oxygen atoms in total. The quantitative estimate of drug-likeness (QED) is 0.555. The highest BCUT2D eigenvalue weighted by Gasteiger charge is 2.50. The van der Waals surface area contributed by atoms with E-state index in [1.165, 1.54) is 24.1 Å². The van der Waals surface area contributed by atoms with E-state index in [2.05, 4.69) is 25.2 Å². The summed E-state index contributed by atoms with van der Waals surface area (Å²) in [6, 6.07) is 8.08. The van der Waals surface area contributed by atoms with E-state index in [0.717, 1.165) is 30.0 Å². The minimum Gasteiger partial charge on any atom is -0.354 e. The van der Waals surface area contributed by atoms with Gasteiger partial charge in [-0.25, -0.2) is 8.42 Å². The molecule has 1 saturated heterocycles. The first-order chi connectivity index (χ1) is 15.6. The molecule has 33 heavy (non-hydrogen) atoms. The van der Waals surface area contributed by atoms with Crippen molar-refractivity contribution in [3.05, 3.63) is 42.0 Å². The first-order valence-electron chi connectivity index (χ1n) is 12.0. The van der Waals surface area contributed by atoms with Crippen molar-refractivity contribution >= 4 is 21.8 Å². The summed E-state index contributed by atoms with van der Waals surface area (Å²) in [4.78, 5) is 28.4. The number of hydrogen-bond donors (Lipinski definition) is 1. The smallest absolute Gasteiger partial charge is 0.247 e. The summed E-state index contributed by atoms with van der Waals surface area (Å²) in [6.45, 7) is 6.43. The Morgan fingerprint density at radius 1 is 1.18 bits per heavy atom. The van der Waals surface area contributed by atoms with Gasteiger partial charge in [-0.3, -0.25) is 9.59 Å². The van der Waals surface area contributed by atoms with Crippen molar-refractivity contribution in [1.82, 2.24) is 14.5 Å². The lowest BCUT2D eigenvalue weighted by atomic mass is 9.92. The molecule has 1 heterocycles. The normalized spacial score (nSPS) is 22.4. The Morgan fingerprint density at radius 3 is 2.55 bits per heavy atom. The van der Waals surface area contributed by atoms with E-state index in [-0.39, 0.29) is 29.8 Å². The molecule has 0 bridgehead atoms. The second-order valence-electron chi connectivity index (χ2n) is 9.70. The molecule has 2 aliphatic rings. The zero-order valence-corrected chi connectivity index (χ0v) is 20.9. The van der Waals surface area contributed by atoms with Gasteiger partial charge < -0.3 is 10.2 Å². The minimum absolute atomic E-state index is 0.0669. The minimum atomic E-state index is -3.90. The van der Waals surface area contributed by atoms with Crippen LogP contribution in [0.25, 0.3) is 0 Å². The van der Waals surface area contributed by atoms with E-state index in [4.69, 9.17) is 0 Å². The molecule has 0 spiro atoms. The van der Waals surface area contributed by atoms with Crippen molar-refractivity contribution in [2.75, 3.05) is 26.2 Å². The number of piperazine rings is 1. The molecule has 8 heteroatoms. The summed E-state index contributed by atoms with van der Waals surface area (Å²) in [7, 11) is -3.90. The molecule has 1 atom stereocenters. The summed E-state index contributed by atoms with van der Waals surface area (Å²) in [5.74, 6) is -0.212. The lowest BCUT2D eigenvalue weighted by Gasteiger charge is -2.47. The van der Waals surface area contributed by atoms with Gasteiger partial charge in [-0.15, -0.1) is 0 Å². The molecule has 0 saturated carbocycles. The zero-order chi connectivity index (χ0) is 24.1. The fourth-order valence-corrected chi connectivity index (χ4v) is 6.03. The van der Waals surface area contributed by atoms with E-state index in [0.29, 0.717) is 25.4 Å². The van der Waals surface area contributed by atoms with Crippen LogP contribution in [-0.4, -0.2) is 61.2 Å². The van der Waals surface area contributed by atoms with Crippen molar-refractivity contribution in [3.63, 3.8) is 0 Å². The molecule has 0 unspecified atom stereocenters. The average Bonchev–Trinajstić information content (AvgIpc) is 2.79. The molecule has 1 aromatic rings. The summed E-state index contributed by atoms with van der Waals surface area (Å²) >= 11 is 0. The second-order valence-corrected chi connectivity index (χ2v) is 11.6. The molecule has 1 N–H and O–H groups in total. The topological polar surface area (TPSA) is 86.8 Å². The Balaban J connectivity index is 1.85. The van der Waals surface area contributed by atoms with Gasteiger partial charge in [-0.05, 0) is 63.5 Å². The summed E-state index contributed by atoms with van der Waals surface area (Å²) < 4.78 is 27.7. The number of hydrogen-bond acceptors (Lipinski definition) is 4. The maximum absolute atomic E-state index is 13.4. The Morgan fingerprint density at radius 2 is 1.91 bits per heavy atom. The van der Waals surface area contributed by atoms with Crippen LogP contribution < -0.4 is 5.32 Å². The monoisotopic (exact) mass is 475 g/mol. The maximum Gasteiger partial charge on any atom is 0.247 e. The van der Waals surface area contributed by atoms with Crippen LogP contribution in [0.4, 0.5) is 0 Å². The van der Waals surface area contributed by atoms with Crippen LogP contribution in [0.3, 0.4) is 0 Å². The lowest BCUT2D eigenvalue weighted by molar-refractivity contribution is -0.152. The van der Waals surface area contributed by atoms with Crippen molar-refractivity contribution in [2.24, 2.45) is 5.92 Å². The Bertz CT molecular complexity index is 975. The summed E-state index contributed by atoms with van der Waals surface area (Å²) in [5, 5.41) is 2.96. The van der Waals surface area contributed by atoms with Gasteiger partial charge in [0.05, 0.1) is 11.4 Å². The zero-order valence-electron chi connectivity index (χ0n) is 20.0. The van der Waals surface area contributed by atoms with Crippen LogP contribution in [0.1, 0.15) is 59.3 Å². The number of rotatable bonds is 9. The van der Waals surface area contributed by atoms with Crippen molar-refractivity contribution in [1.29, 1.82) is 0 Å². The van der Waals surface area contributed by atoms with Gasteiger partial charge in [-0.1, -0.05) is 43.7 Å². The largest absolute Gasteiger partial charge is 0.354 e. The van der Waals surface area contributed by atoms with Crippen LogP contribution in [0.5, 0.6) is 0 Å². The van der Waals surface area contributed by atoms with E-state index < -0.39 is 15.6 Å². The fraction of sp³-hybridized carbons (Fsp3) is 0.600. The lowest BCUT2D eigenvalue weighted by Crippen LogP contribution is -2.69. The highest BCUT2D eigenvalue weighted by Crippen LogP contribution is 2.29. The standard InChI is InChI=1S/C25H37N3O4S/c1-20(2)14-16-26-24(30)25(3)19-27(33(31,32)22-12-8-5-9-13-22)18-23(29)28(25)17-15-21-10-6-4-7-11-21/h5,8-10,12-13,20H,4,6-7,11,14-19H2,1-3H3,(H,26,30)/t25-/m1/s1. The fourth-order valence-electron chi connectivity index (χ4n) is 4.53. The second kappa shape index (κ2) is 10.8. The van der Waals surface area contributed by atoms with Gasteiger partial charge in [-0.2, -0.15) is 4.31 Å². The molecule has 1 aromatic carbocycles. The predicted octanol–water partition coefficient (Wildman–Crippen LogP) is 3.33. The number of carbonyl (C=O) groups is 2. The van der Waals surface area contributed by atoms with Crippen molar-refractivity contribution < 1.29 is 18.0 Å². The van der Waals surface area contributed by atoms with Crippen molar-refractivity contribution in [3.8, 4) is 0 Å². The molecule has 182 valence electrons. The summed E-state index contributed by atoms with van der Waals surface area (Å²) in [5.41, 5.74) is 0.0413. The van der Waals surface area contributed by atoms with E-state index in [1.54, 1.807) is 30.0 Å². The SMILES string of the molecule is CC(C)CCNC(=O)[C@@]1(C)CN(S(=O)(=O)c2ccccc2)CC(=O)N1CCC1=CCCCC1. The van der Waals surface area contributed by atoms with Gasteiger partial charge in [0.1, 0.15) is 5.54 Å². The van der Waals surface area contributed by atoms with Crippen LogP contribution in [0.15, 0.2) is 46.9 Å². The Hall–Kier alpha value is -2.19. The average molecular weight is 476 g/mol. The number of carbonyl (C=O) groups excluding carboxylic acids is 2. The van der Waals surface area contributed by atoms with Crippen LogP contribution in [0.2, 0.25) is 0 Å². The van der Waals surface area contributed by atoms with Gasteiger partial charge in [0.15, 0.2) is 0 Å². The first-order valence-corrected chi connectivity index (χ1v) is 13.4. The van der Waals surface area contributed by atoms with Crippen LogP contribution in [0, 0.1) is 5.92 Å². The van der Waals surface area contributed by atoms with Gasteiger partial charge >= 0.3 is 0 Å². The Labute approximate surface area is 198 Å². The van der Waals surface area contributed by atoms with E-state index >= 15 is 0 Å².